The Morgan fingerprint density at radius 2 is 1.22 bits per heavy atom. The van der Waals surface area contributed by atoms with Crippen molar-refractivity contribution < 1.29 is 28.9 Å². The zero-order valence-corrected chi connectivity index (χ0v) is 38.1. The van der Waals surface area contributed by atoms with Crippen LogP contribution >= 0.6 is 34.8 Å². The van der Waals surface area contributed by atoms with E-state index in [0.29, 0.717) is 0 Å². The molecule has 8 rings (SSSR count). The molecule has 17 heteroatoms. The number of rotatable bonds is 15. The summed E-state index contributed by atoms with van der Waals surface area (Å²) in [6.07, 6.45) is 10.7. The van der Waals surface area contributed by atoms with Gasteiger partial charge in [-0.15, -0.1) is 0 Å². The second kappa shape index (κ2) is 23.2. The summed E-state index contributed by atoms with van der Waals surface area (Å²) in [5, 5.41) is 14.6. The minimum Gasteiger partial charge on any atom is -0.497 e. The molecule has 8 aromatic rings. The van der Waals surface area contributed by atoms with Crippen molar-refractivity contribution in [2.24, 2.45) is 0 Å². The quantitative estimate of drug-likeness (QED) is 0.0383. The van der Waals surface area contributed by atoms with Gasteiger partial charge >= 0.3 is 11.9 Å². The predicted molar refractivity (Wildman–Crippen MR) is 256 cm³/mol. The second-order valence-electron chi connectivity index (χ2n) is 14.3. The van der Waals surface area contributed by atoms with Crippen LogP contribution in [0.4, 0.5) is 17.2 Å². The molecule has 0 saturated carbocycles. The van der Waals surface area contributed by atoms with E-state index in [1.807, 2.05) is 66.9 Å². The van der Waals surface area contributed by atoms with Gasteiger partial charge in [-0.1, -0.05) is 48.0 Å². The number of ether oxygens (including phenoxy) is 3. The molecule has 0 spiro atoms. The van der Waals surface area contributed by atoms with E-state index in [4.69, 9.17) is 54.7 Å². The Hall–Kier alpha value is -6.87. The van der Waals surface area contributed by atoms with E-state index in [-0.39, 0.29) is 39.3 Å². The summed E-state index contributed by atoms with van der Waals surface area (Å²) in [6, 6.07) is 32.4. The van der Waals surface area contributed by atoms with Gasteiger partial charge in [-0.05, 0) is 128 Å². The standard InChI is InChI=1S/C23H21ClN4O3.C18H20N2O.C7H6Cl2N2O2/c1-31-16-9-7-15(8-10-16)4-3-12-28-13-11-17-19(5-2-6-20(17)28)26-21-18(22(29)30)14-25-23(24)27-21;1-21-15-9-7-14(8-10-15)4-3-12-20-13-11-16-17(19)5-2-6-18(16)20;1-2-13-6(12)4-3-10-7(9)11-5(4)8/h2,5-11,13-14H,3-4,12H2,1H3,(H,29,30)(H,25,26,27);2,5-11,13H,3-4,12,19H2,1H3;3H,2H2,1H3. The molecule has 4 aromatic heterocycles. The maximum atomic E-state index is 11.5. The molecule has 0 aliphatic carbocycles. The molecule has 14 nitrogen and oxygen atoms in total. The van der Waals surface area contributed by atoms with Crippen LogP contribution in [0.25, 0.3) is 21.8 Å². The van der Waals surface area contributed by atoms with Crippen molar-refractivity contribution in [3.05, 3.63) is 160 Å². The Morgan fingerprint density at radius 3 is 1.75 bits per heavy atom. The summed E-state index contributed by atoms with van der Waals surface area (Å²) in [4.78, 5) is 37.6. The lowest BCUT2D eigenvalue weighted by Crippen LogP contribution is -2.06. The van der Waals surface area contributed by atoms with E-state index in [0.717, 1.165) is 77.9 Å². The number of methoxy groups -OCH3 is 2. The Morgan fingerprint density at radius 1 is 0.692 bits per heavy atom. The number of nitrogens with one attached hydrogen (secondary N) is 1. The van der Waals surface area contributed by atoms with E-state index >= 15 is 0 Å². The third-order valence-corrected chi connectivity index (χ3v) is 10.8. The van der Waals surface area contributed by atoms with Crippen molar-refractivity contribution in [3.63, 3.8) is 0 Å². The summed E-state index contributed by atoms with van der Waals surface area (Å²) >= 11 is 16.9. The number of hydrogen-bond donors (Lipinski definition) is 3. The lowest BCUT2D eigenvalue weighted by molar-refractivity contribution is 0.0525. The van der Waals surface area contributed by atoms with E-state index in [1.165, 1.54) is 29.0 Å². The van der Waals surface area contributed by atoms with Crippen molar-refractivity contribution in [2.45, 2.75) is 45.7 Å². The molecule has 0 fully saturated rings. The number of fused-ring (bicyclic) bond motifs is 2. The van der Waals surface area contributed by atoms with Gasteiger partial charge in [-0.25, -0.2) is 24.5 Å². The monoisotopic (exact) mass is 936 g/mol. The van der Waals surface area contributed by atoms with E-state index < -0.39 is 11.9 Å². The molecular weight excluding hydrogens is 891 g/mol. The smallest absolute Gasteiger partial charge is 0.342 e. The number of halogens is 3. The normalized spacial score (nSPS) is 10.7. The highest BCUT2D eigenvalue weighted by Gasteiger charge is 2.16. The zero-order valence-electron chi connectivity index (χ0n) is 35.9. The molecule has 0 aliphatic rings. The van der Waals surface area contributed by atoms with E-state index in [9.17, 15) is 14.7 Å². The van der Waals surface area contributed by atoms with Crippen LogP contribution in [0, 0.1) is 0 Å². The van der Waals surface area contributed by atoms with Gasteiger partial charge in [0.2, 0.25) is 10.6 Å². The first kappa shape index (κ1) is 47.6. The number of nitrogens with two attached hydrogens (primary N) is 1. The number of hydrogen-bond acceptors (Lipinski definition) is 11. The number of esters is 1. The summed E-state index contributed by atoms with van der Waals surface area (Å²) in [6.45, 7) is 3.83. The van der Waals surface area contributed by atoms with Crippen molar-refractivity contribution >= 4 is 85.7 Å². The van der Waals surface area contributed by atoms with Crippen LogP contribution in [0.5, 0.6) is 11.5 Å². The number of benzene rings is 4. The first-order valence-corrected chi connectivity index (χ1v) is 21.7. The van der Waals surface area contributed by atoms with Crippen LogP contribution in [0.1, 0.15) is 51.6 Å². The third-order valence-electron chi connectivity index (χ3n) is 10.2. The summed E-state index contributed by atoms with van der Waals surface area (Å²) in [5.74, 6) is 0.251. The Kier molecular flexibility index (Phi) is 17.0. The molecule has 65 heavy (non-hydrogen) atoms. The Balaban J connectivity index is 0.000000177. The van der Waals surface area contributed by atoms with Crippen LogP contribution in [-0.4, -0.2) is 66.9 Å². The molecule has 336 valence electrons. The largest absolute Gasteiger partial charge is 0.497 e. The van der Waals surface area contributed by atoms with Gasteiger partial charge in [-0.2, -0.15) is 4.98 Å². The lowest BCUT2D eigenvalue weighted by atomic mass is 10.1. The molecule has 4 aromatic carbocycles. The molecule has 0 radical (unpaired) electrons. The summed E-state index contributed by atoms with van der Waals surface area (Å²) in [5.41, 5.74) is 12.5. The zero-order chi connectivity index (χ0) is 46.3. The van der Waals surface area contributed by atoms with Gasteiger partial charge in [0.15, 0.2) is 0 Å². The fourth-order valence-corrected chi connectivity index (χ4v) is 7.40. The topological polar surface area (TPSA) is 182 Å². The fraction of sp³-hybridized carbons (Fsp3) is 0.208. The van der Waals surface area contributed by atoms with Gasteiger partial charge in [0.05, 0.1) is 31.9 Å². The minimum absolute atomic E-state index is 0.00144. The molecule has 0 aliphatic heterocycles. The molecule has 0 unspecified atom stereocenters. The first-order chi connectivity index (χ1) is 31.5. The molecule has 0 saturated heterocycles. The fourth-order valence-electron chi connectivity index (χ4n) is 6.89. The average molecular weight is 938 g/mol. The molecular formula is C48H47Cl3N8O6. The number of carbonyl (C=O) groups excluding carboxylic acids is 1. The van der Waals surface area contributed by atoms with Crippen molar-refractivity contribution in [2.75, 3.05) is 31.9 Å². The summed E-state index contributed by atoms with van der Waals surface area (Å²) < 4.78 is 19.5. The van der Waals surface area contributed by atoms with Crippen molar-refractivity contribution in [3.8, 4) is 11.5 Å². The second-order valence-corrected chi connectivity index (χ2v) is 15.4. The predicted octanol–water partition coefficient (Wildman–Crippen LogP) is 11.0. The lowest BCUT2D eigenvalue weighted by Gasteiger charge is -2.11. The number of carboxylic acid groups (broad SMARTS) is 1. The first-order valence-electron chi connectivity index (χ1n) is 20.5. The number of aryl methyl sites for hydroxylation is 4. The van der Waals surface area contributed by atoms with Gasteiger partial charge in [0, 0.05) is 60.0 Å². The number of anilines is 3. The molecule has 0 amide bonds. The van der Waals surface area contributed by atoms with Crippen molar-refractivity contribution in [1.82, 2.24) is 29.1 Å². The Labute approximate surface area is 390 Å². The van der Waals surface area contributed by atoms with Gasteiger partial charge in [0.25, 0.3) is 0 Å². The molecule has 0 bridgehead atoms. The van der Waals surface area contributed by atoms with Crippen LogP contribution in [0.15, 0.2) is 122 Å². The van der Waals surface area contributed by atoms with Crippen LogP contribution in [0.2, 0.25) is 15.7 Å². The number of nitrogens with zero attached hydrogens (tertiary/aromatic N) is 6. The van der Waals surface area contributed by atoms with E-state index in [2.05, 4.69) is 77.0 Å². The highest BCUT2D eigenvalue weighted by atomic mass is 35.5. The van der Waals surface area contributed by atoms with Crippen molar-refractivity contribution in [1.29, 1.82) is 0 Å². The van der Waals surface area contributed by atoms with Crippen LogP contribution in [0.3, 0.4) is 0 Å². The number of aromatic carboxylic acids is 1. The third kappa shape index (κ3) is 12.9. The maximum absolute atomic E-state index is 11.5. The number of aromatic nitrogens is 6. The van der Waals surface area contributed by atoms with Gasteiger partial charge in [0.1, 0.15) is 33.6 Å². The SMILES string of the molecule is CCOC(=O)c1cnc(Cl)nc1Cl.COc1ccc(CCCn2ccc3c(N)cccc32)cc1.COc1ccc(CCCn2ccc3c(Nc4nc(Cl)ncc4C(=O)O)cccc32)cc1. The number of nitrogen functional groups attached to an aromatic ring is 1. The molecule has 4 heterocycles. The summed E-state index contributed by atoms with van der Waals surface area (Å²) in [7, 11) is 3.36. The molecule has 0 atom stereocenters. The average Bonchev–Trinajstić information content (AvgIpc) is 3.93. The van der Waals surface area contributed by atoms with Crippen LogP contribution in [-0.2, 0) is 30.7 Å². The number of carboxylic acids is 1. The Bertz CT molecular complexity index is 2850. The molecule has 4 N–H and O–H groups in total. The highest BCUT2D eigenvalue weighted by Crippen LogP contribution is 2.29. The number of carbonyl (C=O) groups is 2. The van der Waals surface area contributed by atoms with Gasteiger partial charge < -0.3 is 39.5 Å². The van der Waals surface area contributed by atoms with E-state index in [1.54, 1.807) is 21.1 Å². The van der Waals surface area contributed by atoms with Gasteiger partial charge in [-0.3, -0.25) is 0 Å². The minimum atomic E-state index is -1.12. The van der Waals surface area contributed by atoms with Crippen LogP contribution < -0.4 is 20.5 Å². The highest BCUT2D eigenvalue weighted by molar-refractivity contribution is 6.34. The maximum Gasteiger partial charge on any atom is 0.342 e.